The summed E-state index contributed by atoms with van der Waals surface area (Å²) in [6.07, 6.45) is 3.14. The zero-order valence-electron chi connectivity index (χ0n) is 21.4. The maximum absolute atomic E-state index is 13.6. The van der Waals surface area contributed by atoms with Crippen molar-refractivity contribution >= 4 is 15.9 Å². The molecule has 3 aromatic carbocycles. The Hall–Kier alpha value is -3.00. The first kappa shape index (κ1) is 25.6. The lowest BCUT2D eigenvalue weighted by atomic mass is 9.96. The van der Waals surface area contributed by atoms with Crippen LogP contribution in [0.25, 0.3) is 0 Å². The maximum atomic E-state index is 13.6. The number of hydrogen-bond acceptors (Lipinski definition) is 4. The van der Waals surface area contributed by atoms with E-state index < -0.39 is 10.0 Å². The first-order valence-corrected chi connectivity index (χ1v) is 14.6. The van der Waals surface area contributed by atoms with Gasteiger partial charge in [0.1, 0.15) is 0 Å². The van der Waals surface area contributed by atoms with Gasteiger partial charge in [0.25, 0.3) is 5.91 Å². The number of carbonyl (C=O) groups is 1. The number of aryl methyl sites for hydroxylation is 1. The molecule has 0 spiro atoms. The zero-order chi connectivity index (χ0) is 25.8. The molecule has 0 atom stereocenters. The minimum Gasteiger partial charge on any atom is -0.339 e. The smallest absolute Gasteiger partial charge is 0.254 e. The van der Waals surface area contributed by atoms with Gasteiger partial charge in [-0.2, -0.15) is 4.31 Å². The first-order chi connectivity index (χ1) is 17.9. The van der Waals surface area contributed by atoms with Crippen LogP contribution in [0, 0.1) is 6.92 Å². The van der Waals surface area contributed by atoms with E-state index in [1.54, 1.807) is 22.5 Å². The summed E-state index contributed by atoms with van der Waals surface area (Å²) in [7, 11) is -3.71. The van der Waals surface area contributed by atoms with Gasteiger partial charge in [-0.25, -0.2) is 8.42 Å². The van der Waals surface area contributed by atoms with Crippen molar-refractivity contribution in [1.29, 1.82) is 0 Å². The number of piperidine rings is 1. The Kier molecular flexibility index (Phi) is 7.74. The molecule has 6 nitrogen and oxygen atoms in total. The van der Waals surface area contributed by atoms with Gasteiger partial charge >= 0.3 is 0 Å². The fourth-order valence-corrected chi connectivity index (χ4v) is 6.94. The summed E-state index contributed by atoms with van der Waals surface area (Å²) < 4.78 is 28.9. The average Bonchev–Trinajstić information content (AvgIpc) is 2.95. The van der Waals surface area contributed by atoms with Crippen LogP contribution in [0.4, 0.5) is 0 Å². The predicted octanol–water partition coefficient (Wildman–Crippen LogP) is 4.72. The Morgan fingerprint density at radius 2 is 1.30 bits per heavy atom. The monoisotopic (exact) mass is 517 g/mol. The molecule has 0 radical (unpaired) electrons. The second-order valence-electron chi connectivity index (χ2n) is 9.99. The van der Waals surface area contributed by atoms with Crippen molar-refractivity contribution < 1.29 is 13.2 Å². The lowest BCUT2D eigenvalue weighted by Gasteiger charge is -2.39. The van der Waals surface area contributed by atoms with Crippen LogP contribution in [0.2, 0.25) is 0 Å². The van der Waals surface area contributed by atoms with Crippen molar-refractivity contribution in [1.82, 2.24) is 14.1 Å². The summed E-state index contributed by atoms with van der Waals surface area (Å²) in [4.78, 5) is 17.6. The van der Waals surface area contributed by atoms with E-state index in [2.05, 4.69) is 29.2 Å². The third kappa shape index (κ3) is 5.49. The van der Waals surface area contributed by atoms with Gasteiger partial charge in [0.05, 0.1) is 10.9 Å². The summed E-state index contributed by atoms with van der Waals surface area (Å²) >= 11 is 0. The quantitative estimate of drug-likeness (QED) is 0.475. The molecule has 0 unspecified atom stereocenters. The molecular formula is C30H35N3O3S. The molecule has 5 rings (SSSR count). The molecule has 3 aromatic rings. The number of nitrogens with zero attached hydrogens (tertiary/aromatic N) is 3. The predicted molar refractivity (Wildman–Crippen MR) is 146 cm³/mol. The highest BCUT2D eigenvalue weighted by Gasteiger charge is 2.33. The van der Waals surface area contributed by atoms with Crippen molar-refractivity contribution in [3.05, 3.63) is 101 Å². The van der Waals surface area contributed by atoms with Gasteiger partial charge < -0.3 is 4.90 Å². The average molecular weight is 518 g/mol. The van der Waals surface area contributed by atoms with E-state index in [-0.39, 0.29) is 16.8 Å². The van der Waals surface area contributed by atoms with Crippen molar-refractivity contribution in [2.75, 3.05) is 39.3 Å². The molecule has 194 valence electrons. The molecule has 2 aliphatic heterocycles. The lowest BCUT2D eigenvalue weighted by molar-refractivity contribution is 0.0723. The highest BCUT2D eigenvalue weighted by Crippen LogP contribution is 2.31. The molecule has 0 N–H and O–H groups in total. The van der Waals surface area contributed by atoms with Crippen molar-refractivity contribution in [2.45, 2.75) is 37.1 Å². The molecule has 0 aliphatic carbocycles. The molecule has 7 heteroatoms. The maximum Gasteiger partial charge on any atom is 0.254 e. The number of benzene rings is 3. The van der Waals surface area contributed by atoms with Gasteiger partial charge in [0, 0.05) is 44.8 Å². The Morgan fingerprint density at radius 1 is 0.730 bits per heavy atom. The van der Waals surface area contributed by atoms with E-state index in [4.69, 9.17) is 0 Å². The van der Waals surface area contributed by atoms with Gasteiger partial charge in [-0.15, -0.1) is 0 Å². The van der Waals surface area contributed by atoms with Crippen LogP contribution in [0.5, 0.6) is 0 Å². The van der Waals surface area contributed by atoms with Crippen LogP contribution >= 0.6 is 0 Å². The van der Waals surface area contributed by atoms with E-state index in [1.165, 1.54) is 11.1 Å². The van der Waals surface area contributed by atoms with Gasteiger partial charge in [-0.3, -0.25) is 9.69 Å². The number of hydrogen-bond donors (Lipinski definition) is 0. The summed E-state index contributed by atoms with van der Waals surface area (Å²) in [6.45, 7) is 5.41. The lowest BCUT2D eigenvalue weighted by Crippen LogP contribution is -2.49. The molecule has 2 aliphatic rings. The van der Waals surface area contributed by atoms with Crippen molar-refractivity contribution in [3.63, 3.8) is 0 Å². The molecule has 0 bridgehead atoms. The fourth-order valence-electron chi connectivity index (χ4n) is 5.50. The molecule has 2 fully saturated rings. The summed E-state index contributed by atoms with van der Waals surface area (Å²) in [5, 5.41) is 0. The van der Waals surface area contributed by atoms with Crippen LogP contribution in [-0.4, -0.2) is 67.7 Å². The molecule has 0 saturated carbocycles. The van der Waals surface area contributed by atoms with Crippen LogP contribution < -0.4 is 0 Å². The van der Waals surface area contributed by atoms with E-state index in [1.807, 2.05) is 48.2 Å². The van der Waals surface area contributed by atoms with Gasteiger partial charge in [-0.1, -0.05) is 66.7 Å². The first-order valence-electron chi connectivity index (χ1n) is 13.2. The van der Waals surface area contributed by atoms with Crippen LogP contribution in [0.1, 0.15) is 52.4 Å². The van der Waals surface area contributed by atoms with Gasteiger partial charge in [0.15, 0.2) is 0 Å². The van der Waals surface area contributed by atoms with Crippen LogP contribution in [0.15, 0.2) is 83.8 Å². The van der Waals surface area contributed by atoms with Crippen molar-refractivity contribution in [3.8, 4) is 0 Å². The van der Waals surface area contributed by atoms with E-state index in [0.29, 0.717) is 31.7 Å². The Morgan fingerprint density at radius 3 is 1.86 bits per heavy atom. The third-order valence-electron chi connectivity index (χ3n) is 7.59. The topological polar surface area (TPSA) is 60.9 Å². The van der Waals surface area contributed by atoms with E-state index in [0.717, 1.165) is 37.9 Å². The summed E-state index contributed by atoms with van der Waals surface area (Å²) in [5.41, 5.74) is 3.71. The second-order valence-corrected chi connectivity index (χ2v) is 11.9. The molecule has 37 heavy (non-hydrogen) atoms. The number of piperazine rings is 1. The summed E-state index contributed by atoms with van der Waals surface area (Å²) in [5.74, 6) is -0.0624. The SMILES string of the molecule is Cc1ccc(S(=O)(=O)N2CCN(C(c3ccccc3)c3ccccc3)CC2)cc1C(=O)N1CCCCC1. The number of carbonyl (C=O) groups excluding carboxylic acids is 1. The third-order valence-corrected chi connectivity index (χ3v) is 9.48. The standard InChI is InChI=1S/C30H35N3O3S/c1-24-15-16-27(23-28(24)30(34)32-17-9-4-10-18-32)37(35,36)33-21-19-31(20-22-33)29(25-11-5-2-6-12-25)26-13-7-3-8-14-26/h2-3,5-8,11-16,23,29H,4,9-10,17-22H2,1H3. The Bertz CT molecular complexity index is 1280. The fraction of sp³-hybridized carbons (Fsp3) is 0.367. The van der Waals surface area contributed by atoms with Gasteiger partial charge in [-0.05, 0) is 55.0 Å². The molecule has 1 amide bonds. The number of rotatable bonds is 6. The largest absolute Gasteiger partial charge is 0.339 e. The Labute approximate surface area is 220 Å². The van der Waals surface area contributed by atoms with E-state index in [9.17, 15) is 13.2 Å². The van der Waals surface area contributed by atoms with Crippen LogP contribution in [0.3, 0.4) is 0 Å². The minimum absolute atomic E-state index is 0.0624. The van der Waals surface area contributed by atoms with Crippen molar-refractivity contribution in [2.24, 2.45) is 0 Å². The highest BCUT2D eigenvalue weighted by molar-refractivity contribution is 7.89. The van der Waals surface area contributed by atoms with Gasteiger partial charge in [0.2, 0.25) is 10.0 Å². The normalized spacial score (nSPS) is 17.7. The molecular weight excluding hydrogens is 482 g/mol. The van der Waals surface area contributed by atoms with Crippen LogP contribution in [-0.2, 0) is 10.0 Å². The van der Waals surface area contributed by atoms with E-state index >= 15 is 0 Å². The molecule has 0 aromatic heterocycles. The second kappa shape index (κ2) is 11.2. The number of amides is 1. The highest BCUT2D eigenvalue weighted by atomic mass is 32.2. The number of sulfonamides is 1. The summed E-state index contributed by atoms with van der Waals surface area (Å²) in [6, 6.07) is 25.8. The molecule has 2 saturated heterocycles. The Balaban J connectivity index is 1.34. The number of likely N-dealkylation sites (tertiary alicyclic amines) is 1. The minimum atomic E-state index is -3.71. The molecule has 2 heterocycles. The zero-order valence-corrected chi connectivity index (χ0v) is 22.2.